The van der Waals surface area contributed by atoms with E-state index in [1.54, 1.807) is 21.1 Å². The Labute approximate surface area is 388 Å². The van der Waals surface area contributed by atoms with Crippen LogP contribution in [0.25, 0.3) is 0 Å². The lowest BCUT2D eigenvalue weighted by Gasteiger charge is -2.34. The molecule has 0 saturated carbocycles. The summed E-state index contributed by atoms with van der Waals surface area (Å²) in [6, 6.07) is -0.730. The molecule has 8 nitrogen and oxygen atoms in total. The minimum atomic E-state index is -1.13. The second-order valence-corrected chi connectivity index (χ2v) is 18.4. The maximum atomic E-state index is 12.8. The first-order chi connectivity index (χ1) is 30.6. The minimum Gasteiger partial charge on any atom is -0.544 e. The van der Waals surface area contributed by atoms with E-state index in [0.717, 1.165) is 70.6 Å². The fourth-order valence-electron chi connectivity index (χ4n) is 7.41. The van der Waals surface area contributed by atoms with Gasteiger partial charge in [0.1, 0.15) is 12.6 Å². The fraction of sp³-hybridized carbons (Fsp3) is 0.764. The summed E-state index contributed by atoms with van der Waals surface area (Å²) >= 11 is 0. The molecule has 0 saturated heterocycles. The van der Waals surface area contributed by atoms with Crippen LogP contribution in [-0.2, 0) is 28.6 Å². The number of quaternary nitrogens is 1. The molecule has 0 N–H and O–H groups in total. The lowest BCUT2D eigenvalue weighted by molar-refractivity contribution is -0.889. The molecule has 0 heterocycles. The first-order valence-electron chi connectivity index (χ1n) is 25.8. The van der Waals surface area contributed by atoms with E-state index in [1.165, 1.54) is 116 Å². The number of carbonyl (C=O) groups excluding carboxylic acids is 3. The van der Waals surface area contributed by atoms with Crippen molar-refractivity contribution < 1.29 is 38.2 Å². The fourth-order valence-corrected chi connectivity index (χ4v) is 7.41. The molecular formula is C55H97NO7. The van der Waals surface area contributed by atoms with Crippen LogP contribution in [0.4, 0.5) is 0 Å². The Balaban J connectivity index is 4.27. The summed E-state index contributed by atoms with van der Waals surface area (Å²) in [5.74, 6) is -1.75. The van der Waals surface area contributed by atoms with Crippen molar-refractivity contribution in [2.24, 2.45) is 0 Å². The SMILES string of the molecule is CC/C=C\C/C=C\C/C=C\C/C=C\CCCCCCCCCCC(=O)OC(COCCC(C(=O)[O-])[N+](C)(C)C)COC(=O)CCCCCCCCC/C=C\CCCCCCCCC. The van der Waals surface area contributed by atoms with Gasteiger partial charge >= 0.3 is 11.9 Å². The highest BCUT2D eigenvalue weighted by Gasteiger charge is 2.25. The molecule has 8 heteroatoms. The van der Waals surface area contributed by atoms with Crippen LogP contribution in [-0.4, -0.2) is 75.5 Å². The van der Waals surface area contributed by atoms with Crippen molar-refractivity contribution in [2.75, 3.05) is 41.0 Å². The van der Waals surface area contributed by atoms with Gasteiger partial charge in [0.2, 0.25) is 0 Å². The zero-order valence-corrected chi connectivity index (χ0v) is 41.5. The maximum absolute atomic E-state index is 12.8. The number of nitrogens with zero attached hydrogens (tertiary/aromatic N) is 1. The first kappa shape index (κ1) is 60.0. The number of esters is 2. The monoisotopic (exact) mass is 884 g/mol. The van der Waals surface area contributed by atoms with E-state index in [9.17, 15) is 19.5 Å². The van der Waals surface area contributed by atoms with Crippen molar-refractivity contribution in [3.63, 3.8) is 0 Å². The quantitative estimate of drug-likeness (QED) is 0.0260. The third-order valence-corrected chi connectivity index (χ3v) is 11.4. The number of allylic oxidation sites excluding steroid dienone is 10. The second kappa shape index (κ2) is 45.6. The average molecular weight is 884 g/mol. The van der Waals surface area contributed by atoms with Crippen molar-refractivity contribution in [2.45, 2.75) is 231 Å². The lowest BCUT2D eigenvalue weighted by atomic mass is 10.1. The van der Waals surface area contributed by atoms with Crippen LogP contribution in [0.3, 0.4) is 0 Å². The molecule has 2 unspecified atom stereocenters. The number of ether oxygens (including phenoxy) is 3. The van der Waals surface area contributed by atoms with Crippen LogP contribution >= 0.6 is 0 Å². The molecule has 0 aliphatic carbocycles. The largest absolute Gasteiger partial charge is 0.544 e. The number of hydrogen-bond donors (Lipinski definition) is 0. The summed E-state index contributed by atoms with van der Waals surface area (Å²) in [6.07, 6.45) is 56.7. The molecule has 0 spiro atoms. The molecule has 0 amide bonds. The highest BCUT2D eigenvalue weighted by Crippen LogP contribution is 2.15. The van der Waals surface area contributed by atoms with Crippen LogP contribution in [0.15, 0.2) is 60.8 Å². The molecular weight excluding hydrogens is 787 g/mol. The lowest BCUT2D eigenvalue weighted by Crippen LogP contribution is -2.55. The van der Waals surface area contributed by atoms with E-state index in [0.29, 0.717) is 12.8 Å². The van der Waals surface area contributed by atoms with E-state index in [1.807, 2.05) is 0 Å². The molecule has 0 aromatic rings. The van der Waals surface area contributed by atoms with E-state index in [-0.39, 0.29) is 42.7 Å². The molecule has 364 valence electrons. The first-order valence-corrected chi connectivity index (χ1v) is 25.8. The third kappa shape index (κ3) is 44.0. The topological polar surface area (TPSA) is 102 Å². The Morgan fingerprint density at radius 1 is 0.492 bits per heavy atom. The Morgan fingerprint density at radius 2 is 0.889 bits per heavy atom. The van der Waals surface area contributed by atoms with Gasteiger partial charge in [-0.05, 0) is 77.0 Å². The van der Waals surface area contributed by atoms with Crippen molar-refractivity contribution in [1.82, 2.24) is 0 Å². The summed E-state index contributed by atoms with van der Waals surface area (Å²) < 4.78 is 17.2. The molecule has 0 fully saturated rings. The number of hydrogen-bond acceptors (Lipinski definition) is 7. The number of carboxylic acids is 1. The van der Waals surface area contributed by atoms with Crippen LogP contribution in [0, 0.1) is 0 Å². The molecule has 63 heavy (non-hydrogen) atoms. The van der Waals surface area contributed by atoms with Gasteiger partial charge in [-0.2, -0.15) is 0 Å². The van der Waals surface area contributed by atoms with Crippen molar-refractivity contribution >= 4 is 17.9 Å². The van der Waals surface area contributed by atoms with Gasteiger partial charge in [-0.25, -0.2) is 0 Å². The number of carbonyl (C=O) groups is 3. The van der Waals surface area contributed by atoms with Gasteiger partial charge in [-0.3, -0.25) is 9.59 Å². The van der Waals surface area contributed by atoms with Gasteiger partial charge in [-0.15, -0.1) is 0 Å². The van der Waals surface area contributed by atoms with Gasteiger partial charge in [0.05, 0.1) is 40.3 Å². The summed E-state index contributed by atoms with van der Waals surface area (Å²) in [5, 5.41) is 11.7. The van der Waals surface area contributed by atoms with Gasteiger partial charge in [0.15, 0.2) is 6.10 Å². The predicted molar refractivity (Wildman–Crippen MR) is 263 cm³/mol. The zero-order valence-electron chi connectivity index (χ0n) is 41.5. The zero-order chi connectivity index (χ0) is 46.3. The second-order valence-electron chi connectivity index (χ2n) is 18.4. The highest BCUT2D eigenvalue weighted by molar-refractivity contribution is 5.70. The van der Waals surface area contributed by atoms with Gasteiger partial charge in [-0.1, -0.05) is 184 Å². The summed E-state index contributed by atoms with van der Waals surface area (Å²) in [4.78, 5) is 37.0. The molecule has 0 aromatic heterocycles. The van der Waals surface area contributed by atoms with Gasteiger partial charge < -0.3 is 28.6 Å². The van der Waals surface area contributed by atoms with E-state index >= 15 is 0 Å². The van der Waals surface area contributed by atoms with Crippen LogP contribution in [0.2, 0.25) is 0 Å². The van der Waals surface area contributed by atoms with E-state index in [4.69, 9.17) is 14.2 Å². The van der Waals surface area contributed by atoms with Gasteiger partial charge in [0, 0.05) is 19.3 Å². The van der Waals surface area contributed by atoms with Gasteiger partial charge in [0.25, 0.3) is 0 Å². The third-order valence-electron chi connectivity index (χ3n) is 11.4. The smallest absolute Gasteiger partial charge is 0.306 e. The van der Waals surface area contributed by atoms with Crippen molar-refractivity contribution in [3.8, 4) is 0 Å². The molecule has 0 bridgehead atoms. The molecule has 2 atom stereocenters. The van der Waals surface area contributed by atoms with Crippen LogP contribution < -0.4 is 5.11 Å². The summed E-state index contributed by atoms with van der Waals surface area (Å²) in [7, 11) is 5.41. The standard InChI is InChI=1S/C55H97NO7/c1-6-8-10-12-14-16-18-20-22-24-26-27-28-30-32-34-36-38-40-42-44-46-54(58)63-51(49-61-48-47-52(55(59)60)56(3,4)5)50-62-53(57)45-43-41-39-37-35-33-31-29-25-23-21-19-17-15-13-11-9-7-2/h8,10,14,16,20,22-23,25-27,51-52H,6-7,9,11-13,15,17-19,21,24,28-50H2,1-5H3/b10-8-,16-14-,22-20-,25-23-,27-26-. The highest BCUT2D eigenvalue weighted by atomic mass is 16.6. The minimum absolute atomic E-state index is 0.0349. The van der Waals surface area contributed by atoms with Crippen molar-refractivity contribution in [1.29, 1.82) is 0 Å². The molecule has 0 rings (SSSR count). The molecule has 0 aliphatic heterocycles. The predicted octanol–water partition coefficient (Wildman–Crippen LogP) is 13.6. The van der Waals surface area contributed by atoms with E-state index < -0.39 is 18.1 Å². The number of unbranched alkanes of at least 4 members (excludes halogenated alkanes) is 22. The normalized spacial score (nSPS) is 13.3. The average Bonchev–Trinajstić information content (AvgIpc) is 3.24. The summed E-state index contributed by atoms with van der Waals surface area (Å²) in [5.41, 5.74) is 0. The molecule has 0 aromatic carbocycles. The Kier molecular flexibility index (Phi) is 43.4. The maximum Gasteiger partial charge on any atom is 0.306 e. The Hall–Kier alpha value is -2.97. The molecule has 0 radical (unpaired) electrons. The van der Waals surface area contributed by atoms with Crippen molar-refractivity contribution in [3.05, 3.63) is 60.8 Å². The number of rotatable bonds is 46. The molecule has 0 aliphatic rings. The van der Waals surface area contributed by atoms with Crippen LogP contribution in [0.1, 0.15) is 219 Å². The van der Waals surface area contributed by atoms with Crippen LogP contribution in [0.5, 0.6) is 0 Å². The Morgan fingerprint density at radius 3 is 1.33 bits per heavy atom. The number of likely N-dealkylation sites (N-methyl/N-ethyl adjacent to an activating group) is 1. The number of carboxylic acid groups (broad SMARTS) is 1. The van der Waals surface area contributed by atoms with E-state index in [2.05, 4.69) is 74.6 Å². The summed E-state index contributed by atoms with van der Waals surface area (Å²) in [6.45, 7) is 4.55. The number of aliphatic carboxylic acids is 1. The Bertz CT molecular complexity index is 1210.